The molecule has 2 aromatic rings. The van der Waals surface area contributed by atoms with Crippen LogP contribution in [0.1, 0.15) is 16.2 Å². The number of aryl methyl sites for hydroxylation is 1. The van der Waals surface area contributed by atoms with E-state index in [1.807, 2.05) is 0 Å². The highest BCUT2D eigenvalue weighted by atomic mass is 16.4. The lowest BCUT2D eigenvalue weighted by Crippen LogP contribution is -1.98. The van der Waals surface area contributed by atoms with Crippen LogP contribution in [0.4, 0.5) is 0 Å². The smallest absolute Gasteiger partial charge is 0.353 e. The number of hydrogen-bond donors (Lipinski definition) is 2. The zero-order chi connectivity index (χ0) is 10.1. The molecule has 0 radical (unpaired) electrons. The standard InChI is InChI=1S/C9H8N2O3/c1-5-4-6(7(11-5)9(12)13)8-10-2-3-14-8/h2-4,11H,1H3,(H,12,13). The first-order valence-electron chi connectivity index (χ1n) is 4.01. The zero-order valence-electron chi connectivity index (χ0n) is 7.44. The Labute approximate surface area is 79.4 Å². The lowest BCUT2D eigenvalue weighted by Gasteiger charge is -1.92. The van der Waals surface area contributed by atoms with E-state index in [0.717, 1.165) is 5.69 Å². The maximum absolute atomic E-state index is 10.8. The maximum Gasteiger partial charge on any atom is 0.353 e. The number of aromatic carboxylic acids is 1. The largest absolute Gasteiger partial charge is 0.477 e. The average Bonchev–Trinajstić information content (AvgIpc) is 2.70. The van der Waals surface area contributed by atoms with Crippen molar-refractivity contribution in [2.75, 3.05) is 0 Å². The van der Waals surface area contributed by atoms with Gasteiger partial charge in [0.1, 0.15) is 12.0 Å². The van der Waals surface area contributed by atoms with E-state index in [4.69, 9.17) is 9.52 Å². The fourth-order valence-electron chi connectivity index (χ4n) is 1.28. The van der Waals surface area contributed by atoms with Crippen LogP contribution in [-0.2, 0) is 0 Å². The molecule has 0 aliphatic heterocycles. The van der Waals surface area contributed by atoms with Crippen LogP contribution in [0.3, 0.4) is 0 Å². The Morgan fingerprint density at radius 2 is 2.43 bits per heavy atom. The Balaban J connectivity index is 2.58. The number of carbonyl (C=O) groups is 1. The van der Waals surface area contributed by atoms with Gasteiger partial charge in [-0.1, -0.05) is 0 Å². The van der Waals surface area contributed by atoms with E-state index in [2.05, 4.69) is 9.97 Å². The molecule has 0 amide bonds. The van der Waals surface area contributed by atoms with Gasteiger partial charge in [0.2, 0.25) is 5.89 Å². The van der Waals surface area contributed by atoms with Crippen molar-refractivity contribution < 1.29 is 14.3 Å². The molecule has 0 fully saturated rings. The van der Waals surface area contributed by atoms with Gasteiger partial charge in [0.05, 0.1) is 11.8 Å². The molecule has 2 rings (SSSR count). The van der Waals surface area contributed by atoms with Crippen molar-refractivity contribution in [2.45, 2.75) is 6.92 Å². The number of H-pyrrole nitrogens is 1. The lowest BCUT2D eigenvalue weighted by atomic mass is 10.2. The average molecular weight is 192 g/mol. The van der Waals surface area contributed by atoms with Crippen LogP contribution in [-0.4, -0.2) is 21.0 Å². The molecule has 0 saturated heterocycles. The van der Waals surface area contributed by atoms with Gasteiger partial charge in [-0.3, -0.25) is 0 Å². The van der Waals surface area contributed by atoms with E-state index in [1.54, 1.807) is 13.0 Å². The topological polar surface area (TPSA) is 79.1 Å². The molecule has 0 aliphatic rings. The number of carboxylic acids is 1. The SMILES string of the molecule is Cc1cc(-c2ncco2)c(C(=O)O)[nH]1. The van der Waals surface area contributed by atoms with E-state index in [-0.39, 0.29) is 5.69 Å². The van der Waals surface area contributed by atoms with Gasteiger partial charge in [-0.25, -0.2) is 9.78 Å². The molecular weight excluding hydrogens is 184 g/mol. The van der Waals surface area contributed by atoms with Crippen molar-refractivity contribution >= 4 is 5.97 Å². The van der Waals surface area contributed by atoms with Crippen LogP contribution < -0.4 is 0 Å². The fraction of sp³-hybridized carbons (Fsp3) is 0.111. The van der Waals surface area contributed by atoms with Crippen LogP contribution >= 0.6 is 0 Å². The fourth-order valence-corrected chi connectivity index (χ4v) is 1.28. The lowest BCUT2D eigenvalue weighted by molar-refractivity contribution is 0.0691. The molecule has 0 aromatic carbocycles. The second-order valence-electron chi connectivity index (χ2n) is 2.88. The third-order valence-electron chi connectivity index (χ3n) is 1.83. The molecular formula is C9H8N2O3. The monoisotopic (exact) mass is 192 g/mol. The molecule has 72 valence electrons. The minimum Gasteiger partial charge on any atom is -0.477 e. The van der Waals surface area contributed by atoms with E-state index in [1.165, 1.54) is 12.5 Å². The van der Waals surface area contributed by atoms with Gasteiger partial charge in [-0.2, -0.15) is 0 Å². The Kier molecular flexibility index (Phi) is 1.85. The number of aromatic nitrogens is 2. The van der Waals surface area contributed by atoms with Gasteiger partial charge < -0.3 is 14.5 Å². The van der Waals surface area contributed by atoms with Gasteiger partial charge in [-0.15, -0.1) is 0 Å². The van der Waals surface area contributed by atoms with Crippen molar-refractivity contribution in [3.05, 3.63) is 29.9 Å². The minimum absolute atomic E-state index is 0.102. The molecule has 2 aromatic heterocycles. The number of hydrogen-bond acceptors (Lipinski definition) is 3. The number of rotatable bonds is 2. The summed E-state index contributed by atoms with van der Waals surface area (Å²) in [6.45, 7) is 1.78. The van der Waals surface area contributed by atoms with E-state index < -0.39 is 5.97 Å². The summed E-state index contributed by atoms with van der Waals surface area (Å²) < 4.78 is 5.03. The van der Waals surface area contributed by atoms with Gasteiger partial charge >= 0.3 is 5.97 Å². The van der Waals surface area contributed by atoms with Crippen LogP contribution in [0.2, 0.25) is 0 Å². The summed E-state index contributed by atoms with van der Waals surface area (Å²) in [5.74, 6) is -0.710. The first-order chi connectivity index (χ1) is 6.68. The number of carboxylic acid groups (broad SMARTS) is 1. The summed E-state index contributed by atoms with van der Waals surface area (Å²) in [4.78, 5) is 17.5. The predicted molar refractivity (Wildman–Crippen MR) is 48.0 cm³/mol. The summed E-state index contributed by atoms with van der Waals surface area (Å²) in [5.41, 5.74) is 1.33. The summed E-state index contributed by atoms with van der Waals surface area (Å²) >= 11 is 0. The van der Waals surface area contributed by atoms with Gasteiger partial charge in [0.25, 0.3) is 0 Å². The Morgan fingerprint density at radius 1 is 1.64 bits per heavy atom. The van der Waals surface area contributed by atoms with Crippen molar-refractivity contribution in [1.29, 1.82) is 0 Å². The highest BCUT2D eigenvalue weighted by Crippen LogP contribution is 2.22. The van der Waals surface area contributed by atoms with Gasteiger partial charge in [0.15, 0.2) is 0 Å². The maximum atomic E-state index is 10.8. The predicted octanol–water partition coefficient (Wildman–Crippen LogP) is 1.68. The van der Waals surface area contributed by atoms with Crippen molar-refractivity contribution in [2.24, 2.45) is 0 Å². The molecule has 0 unspecified atom stereocenters. The summed E-state index contributed by atoms with van der Waals surface area (Å²) in [5, 5.41) is 8.88. The van der Waals surface area contributed by atoms with Crippen molar-refractivity contribution in [3.63, 3.8) is 0 Å². The molecule has 2 heterocycles. The third kappa shape index (κ3) is 1.28. The van der Waals surface area contributed by atoms with E-state index in [0.29, 0.717) is 11.5 Å². The number of nitrogens with one attached hydrogen (secondary N) is 1. The van der Waals surface area contributed by atoms with Gasteiger partial charge in [-0.05, 0) is 13.0 Å². The molecule has 0 saturated carbocycles. The molecule has 5 heteroatoms. The Bertz CT molecular complexity index is 456. The third-order valence-corrected chi connectivity index (χ3v) is 1.83. The molecule has 2 N–H and O–H groups in total. The second-order valence-corrected chi connectivity index (χ2v) is 2.88. The normalized spacial score (nSPS) is 10.4. The first kappa shape index (κ1) is 8.55. The van der Waals surface area contributed by atoms with Crippen LogP contribution in [0, 0.1) is 6.92 Å². The quantitative estimate of drug-likeness (QED) is 0.758. The summed E-state index contributed by atoms with van der Waals surface area (Å²) in [6.07, 6.45) is 2.88. The highest BCUT2D eigenvalue weighted by Gasteiger charge is 2.17. The first-order valence-corrected chi connectivity index (χ1v) is 4.01. The highest BCUT2D eigenvalue weighted by molar-refractivity contribution is 5.93. The summed E-state index contributed by atoms with van der Waals surface area (Å²) in [7, 11) is 0. The van der Waals surface area contributed by atoms with Crippen molar-refractivity contribution in [3.8, 4) is 11.5 Å². The van der Waals surface area contributed by atoms with Crippen LogP contribution in [0.15, 0.2) is 22.9 Å². The van der Waals surface area contributed by atoms with Crippen LogP contribution in [0.25, 0.3) is 11.5 Å². The number of oxazole rings is 1. The molecule has 0 bridgehead atoms. The van der Waals surface area contributed by atoms with E-state index >= 15 is 0 Å². The second kappa shape index (κ2) is 3.02. The minimum atomic E-state index is -1.02. The molecule has 5 nitrogen and oxygen atoms in total. The Morgan fingerprint density at radius 3 is 3.00 bits per heavy atom. The summed E-state index contributed by atoms with van der Waals surface area (Å²) in [6, 6.07) is 1.69. The zero-order valence-corrected chi connectivity index (χ0v) is 7.44. The molecule has 14 heavy (non-hydrogen) atoms. The number of aromatic amines is 1. The van der Waals surface area contributed by atoms with Crippen molar-refractivity contribution in [1.82, 2.24) is 9.97 Å². The number of nitrogens with zero attached hydrogens (tertiary/aromatic N) is 1. The molecule has 0 spiro atoms. The van der Waals surface area contributed by atoms with Gasteiger partial charge in [0, 0.05) is 5.69 Å². The Hall–Kier alpha value is -2.04. The molecule has 0 atom stereocenters. The van der Waals surface area contributed by atoms with E-state index in [9.17, 15) is 4.79 Å². The molecule has 0 aliphatic carbocycles. The van der Waals surface area contributed by atoms with Crippen LogP contribution in [0.5, 0.6) is 0 Å².